The van der Waals surface area contributed by atoms with E-state index >= 15 is 0 Å². The number of nitrogens with one attached hydrogen (secondary N) is 2. The molecule has 9 nitrogen and oxygen atoms in total. The number of nitrogens with zero attached hydrogens (tertiary/aromatic N) is 5. The summed E-state index contributed by atoms with van der Waals surface area (Å²) in [6, 6.07) is 7.56. The third-order valence-corrected chi connectivity index (χ3v) is 4.95. The quantitative estimate of drug-likeness (QED) is 0.524. The molecule has 1 amide bonds. The molecular formula is C20H23N7O2. The lowest BCUT2D eigenvalue weighted by molar-refractivity contribution is 0.102. The van der Waals surface area contributed by atoms with Gasteiger partial charge in [-0.15, -0.1) is 0 Å². The van der Waals surface area contributed by atoms with Crippen molar-refractivity contribution in [3.8, 4) is 11.4 Å². The molecule has 0 aliphatic heterocycles. The third-order valence-electron chi connectivity index (χ3n) is 4.95. The SMILES string of the molecule is CCc1nn(C)c2n[nH]c(NC(=O)c3cnn(-c4ccc(OC)cc4)c3CC)c12. The van der Waals surface area contributed by atoms with Crippen LogP contribution in [0.2, 0.25) is 0 Å². The number of anilines is 1. The minimum atomic E-state index is -0.238. The van der Waals surface area contributed by atoms with Gasteiger partial charge in [0.2, 0.25) is 0 Å². The Bertz CT molecular complexity index is 1170. The number of benzene rings is 1. The molecule has 0 unspecified atom stereocenters. The molecule has 0 radical (unpaired) electrons. The van der Waals surface area contributed by atoms with E-state index in [9.17, 15) is 4.79 Å². The van der Waals surface area contributed by atoms with Gasteiger partial charge < -0.3 is 10.1 Å². The number of H-pyrrole nitrogens is 1. The molecule has 0 bridgehead atoms. The molecule has 0 saturated carbocycles. The minimum Gasteiger partial charge on any atom is -0.497 e. The van der Waals surface area contributed by atoms with Gasteiger partial charge in [0.1, 0.15) is 11.6 Å². The number of rotatable bonds is 6. The van der Waals surface area contributed by atoms with Gasteiger partial charge in [0, 0.05) is 7.05 Å². The number of carbonyl (C=O) groups excluding carboxylic acids is 1. The number of fused-ring (bicyclic) bond motifs is 1. The summed E-state index contributed by atoms with van der Waals surface area (Å²) in [5, 5.41) is 19.9. The predicted octanol–water partition coefficient (Wildman–Crippen LogP) is 2.87. The molecule has 3 aromatic heterocycles. The second-order valence-corrected chi connectivity index (χ2v) is 6.64. The Morgan fingerprint density at radius 1 is 1.21 bits per heavy atom. The molecular weight excluding hydrogens is 370 g/mol. The van der Waals surface area contributed by atoms with E-state index in [1.807, 2.05) is 45.2 Å². The number of amides is 1. The minimum absolute atomic E-state index is 0.238. The number of methoxy groups -OCH3 is 1. The molecule has 150 valence electrons. The van der Waals surface area contributed by atoms with Gasteiger partial charge in [-0.2, -0.15) is 15.3 Å². The van der Waals surface area contributed by atoms with Gasteiger partial charge in [-0.3, -0.25) is 9.89 Å². The van der Waals surface area contributed by atoms with E-state index in [0.29, 0.717) is 23.4 Å². The fourth-order valence-corrected chi connectivity index (χ4v) is 3.49. The summed E-state index contributed by atoms with van der Waals surface area (Å²) >= 11 is 0. The smallest absolute Gasteiger partial charge is 0.260 e. The van der Waals surface area contributed by atoms with Crippen LogP contribution in [0.3, 0.4) is 0 Å². The standard InChI is InChI=1S/C20H23N7O2/c1-5-15-17-18(23-24-19(17)26(3)25-15)22-20(28)14-11-21-27(16(14)6-2)12-7-9-13(29-4)10-8-12/h7-11H,5-6H2,1-4H3,(H2,22,23,24,28). The highest BCUT2D eigenvalue weighted by Crippen LogP contribution is 2.26. The molecule has 9 heteroatoms. The molecule has 0 atom stereocenters. The van der Waals surface area contributed by atoms with E-state index in [0.717, 1.165) is 34.6 Å². The van der Waals surface area contributed by atoms with Gasteiger partial charge in [0.05, 0.1) is 41.3 Å². The Hall–Kier alpha value is -3.62. The number of ether oxygens (including phenoxy) is 1. The molecule has 4 rings (SSSR count). The molecule has 4 aromatic rings. The maximum Gasteiger partial charge on any atom is 0.260 e. The van der Waals surface area contributed by atoms with Gasteiger partial charge in [-0.05, 0) is 37.1 Å². The predicted molar refractivity (Wildman–Crippen MR) is 110 cm³/mol. The Morgan fingerprint density at radius 2 is 1.97 bits per heavy atom. The maximum absolute atomic E-state index is 13.0. The van der Waals surface area contributed by atoms with Crippen LogP contribution in [-0.2, 0) is 19.9 Å². The van der Waals surface area contributed by atoms with Crippen LogP contribution in [0.5, 0.6) is 5.75 Å². The summed E-state index contributed by atoms with van der Waals surface area (Å²) < 4.78 is 8.69. The van der Waals surface area contributed by atoms with E-state index in [1.165, 1.54) is 0 Å². The lowest BCUT2D eigenvalue weighted by atomic mass is 10.1. The molecule has 0 aliphatic rings. The fourth-order valence-electron chi connectivity index (χ4n) is 3.49. The fraction of sp³-hybridized carbons (Fsp3) is 0.300. The summed E-state index contributed by atoms with van der Waals surface area (Å²) in [6.45, 7) is 4.02. The van der Waals surface area contributed by atoms with Gasteiger partial charge in [0.15, 0.2) is 5.65 Å². The zero-order valence-electron chi connectivity index (χ0n) is 16.9. The number of carbonyl (C=O) groups is 1. The average Bonchev–Trinajstić information content (AvgIpc) is 3.43. The summed E-state index contributed by atoms with van der Waals surface area (Å²) in [7, 11) is 3.46. The van der Waals surface area contributed by atoms with Crippen molar-refractivity contribution < 1.29 is 9.53 Å². The Balaban J connectivity index is 1.67. The highest BCUT2D eigenvalue weighted by atomic mass is 16.5. The van der Waals surface area contributed by atoms with E-state index in [1.54, 1.807) is 22.7 Å². The van der Waals surface area contributed by atoms with E-state index in [4.69, 9.17) is 4.74 Å². The van der Waals surface area contributed by atoms with E-state index < -0.39 is 0 Å². The van der Waals surface area contributed by atoms with Crippen molar-refractivity contribution >= 4 is 22.8 Å². The van der Waals surface area contributed by atoms with Crippen molar-refractivity contribution in [1.29, 1.82) is 0 Å². The number of hydrogen-bond acceptors (Lipinski definition) is 5. The second-order valence-electron chi connectivity index (χ2n) is 6.64. The third kappa shape index (κ3) is 3.14. The van der Waals surface area contributed by atoms with E-state index in [2.05, 4.69) is 25.7 Å². The summed E-state index contributed by atoms with van der Waals surface area (Å²) in [5.74, 6) is 1.08. The summed E-state index contributed by atoms with van der Waals surface area (Å²) in [6.07, 6.45) is 2.99. The highest BCUT2D eigenvalue weighted by Gasteiger charge is 2.21. The lowest BCUT2D eigenvalue weighted by Gasteiger charge is -2.09. The molecule has 29 heavy (non-hydrogen) atoms. The van der Waals surface area contributed by atoms with Crippen LogP contribution in [-0.4, -0.2) is 42.8 Å². The zero-order valence-corrected chi connectivity index (χ0v) is 16.9. The molecule has 2 N–H and O–H groups in total. The number of aryl methyl sites for hydroxylation is 2. The molecule has 0 saturated heterocycles. The first kappa shape index (κ1) is 18.7. The van der Waals surface area contributed by atoms with Crippen molar-refractivity contribution in [1.82, 2.24) is 29.8 Å². The first-order chi connectivity index (χ1) is 14.1. The van der Waals surface area contributed by atoms with Crippen molar-refractivity contribution in [2.24, 2.45) is 7.05 Å². The van der Waals surface area contributed by atoms with Crippen LogP contribution in [0.15, 0.2) is 30.5 Å². The highest BCUT2D eigenvalue weighted by molar-refractivity contribution is 6.08. The first-order valence-electron chi connectivity index (χ1n) is 9.49. The Morgan fingerprint density at radius 3 is 2.62 bits per heavy atom. The summed E-state index contributed by atoms with van der Waals surface area (Å²) in [5.41, 5.74) is 3.81. The first-order valence-corrected chi connectivity index (χ1v) is 9.49. The molecule has 1 aromatic carbocycles. The van der Waals surface area contributed by atoms with Gasteiger partial charge >= 0.3 is 0 Å². The molecule has 3 heterocycles. The van der Waals surface area contributed by atoms with Crippen molar-refractivity contribution in [3.05, 3.63) is 47.4 Å². The largest absolute Gasteiger partial charge is 0.497 e. The lowest BCUT2D eigenvalue weighted by Crippen LogP contribution is -2.15. The second kappa shape index (κ2) is 7.42. The van der Waals surface area contributed by atoms with Gasteiger partial charge in [-0.25, -0.2) is 9.36 Å². The van der Waals surface area contributed by atoms with Crippen molar-refractivity contribution in [3.63, 3.8) is 0 Å². The Kier molecular flexibility index (Phi) is 4.79. The topological polar surface area (TPSA) is 103 Å². The van der Waals surface area contributed by atoms with Crippen LogP contribution < -0.4 is 10.1 Å². The average molecular weight is 393 g/mol. The number of aromatic amines is 1. The Labute approximate surface area is 167 Å². The maximum atomic E-state index is 13.0. The van der Waals surface area contributed by atoms with Crippen LogP contribution in [0, 0.1) is 0 Å². The molecule has 0 aliphatic carbocycles. The van der Waals surface area contributed by atoms with Crippen LogP contribution in [0.4, 0.5) is 5.82 Å². The monoisotopic (exact) mass is 393 g/mol. The van der Waals surface area contributed by atoms with E-state index in [-0.39, 0.29) is 5.91 Å². The van der Waals surface area contributed by atoms with Crippen molar-refractivity contribution in [2.75, 3.05) is 12.4 Å². The van der Waals surface area contributed by atoms with Crippen LogP contribution in [0.25, 0.3) is 16.7 Å². The van der Waals surface area contributed by atoms with Gasteiger partial charge in [0.25, 0.3) is 5.91 Å². The van der Waals surface area contributed by atoms with Crippen LogP contribution in [0.1, 0.15) is 35.6 Å². The number of hydrogen-bond donors (Lipinski definition) is 2. The van der Waals surface area contributed by atoms with Crippen molar-refractivity contribution in [2.45, 2.75) is 26.7 Å². The normalized spacial score (nSPS) is 11.2. The molecule has 0 fully saturated rings. The zero-order chi connectivity index (χ0) is 20.5. The van der Waals surface area contributed by atoms with Crippen LogP contribution >= 0.6 is 0 Å². The van der Waals surface area contributed by atoms with Gasteiger partial charge in [-0.1, -0.05) is 13.8 Å². The molecule has 0 spiro atoms. The number of aromatic nitrogens is 6. The summed E-state index contributed by atoms with van der Waals surface area (Å²) in [4.78, 5) is 13.0.